The predicted octanol–water partition coefficient (Wildman–Crippen LogP) is 5.25. The van der Waals surface area contributed by atoms with Gasteiger partial charge in [-0.3, -0.25) is 0 Å². The molecule has 18 heavy (non-hydrogen) atoms. The summed E-state index contributed by atoms with van der Waals surface area (Å²) in [5, 5.41) is 6.44. The van der Waals surface area contributed by atoms with Crippen LogP contribution >= 0.6 is 38.9 Å². The first-order valence-electron chi connectivity index (χ1n) is 5.94. The molecule has 4 heteroatoms. The highest BCUT2D eigenvalue weighted by molar-refractivity contribution is 9.10. The third kappa shape index (κ3) is 3.35. The Bertz CT molecular complexity index is 495. The van der Waals surface area contributed by atoms with E-state index in [4.69, 9.17) is 11.6 Å². The highest BCUT2D eigenvalue weighted by Crippen LogP contribution is 2.33. The quantitative estimate of drug-likeness (QED) is 0.781. The van der Waals surface area contributed by atoms with E-state index in [9.17, 15) is 0 Å². The highest BCUT2D eigenvalue weighted by atomic mass is 79.9. The largest absolute Gasteiger partial charge is 0.306 e. The predicted molar refractivity (Wildman–Crippen MR) is 83.6 cm³/mol. The molecule has 0 aliphatic heterocycles. The zero-order valence-corrected chi connectivity index (χ0v) is 13.3. The van der Waals surface area contributed by atoms with E-state index in [2.05, 4.69) is 52.4 Å². The number of thiophene rings is 1. The van der Waals surface area contributed by atoms with Gasteiger partial charge >= 0.3 is 0 Å². The topological polar surface area (TPSA) is 12.0 Å². The Balaban J connectivity index is 2.30. The van der Waals surface area contributed by atoms with E-state index in [0.717, 1.165) is 22.5 Å². The lowest BCUT2D eigenvalue weighted by molar-refractivity contribution is 0.606. The zero-order chi connectivity index (χ0) is 13.0. The number of benzene rings is 1. The Morgan fingerprint density at radius 2 is 2.00 bits per heavy atom. The molecule has 0 saturated heterocycles. The van der Waals surface area contributed by atoms with Gasteiger partial charge in [-0.15, -0.1) is 11.3 Å². The van der Waals surface area contributed by atoms with E-state index in [0.29, 0.717) is 0 Å². The van der Waals surface area contributed by atoms with E-state index in [1.165, 1.54) is 10.4 Å². The van der Waals surface area contributed by atoms with Crippen molar-refractivity contribution in [1.29, 1.82) is 0 Å². The second-order valence-corrected chi connectivity index (χ2v) is 6.34. The fourth-order valence-corrected chi connectivity index (χ4v) is 3.35. The summed E-state index contributed by atoms with van der Waals surface area (Å²) < 4.78 is 1.10. The van der Waals surface area contributed by atoms with Gasteiger partial charge in [0.2, 0.25) is 0 Å². The second kappa shape index (κ2) is 6.71. The summed E-state index contributed by atoms with van der Waals surface area (Å²) in [5.74, 6) is 0. The van der Waals surface area contributed by atoms with Gasteiger partial charge in [0.1, 0.15) is 0 Å². The normalized spacial score (nSPS) is 12.6. The molecule has 1 nitrogen and oxygen atoms in total. The molecule has 0 saturated carbocycles. The Hall–Kier alpha value is -0.350. The second-order valence-electron chi connectivity index (χ2n) is 4.07. The number of rotatable bonds is 5. The van der Waals surface area contributed by atoms with E-state index < -0.39 is 0 Å². The van der Waals surface area contributed by atoms with Crippen LogP contribution in [0.15, 0.2) is 40.2 Å². The Morgan fingerprint density at radius 1 is 1.28 bits per heavy atom. The van der Waals surface area contributed by atoms with Crippen molar-refractivity contribution >= 4 is 38.9 Å². The van der Waals surface area contributed by atoms with Crippen molar-refractivity contribution in [1.82, 2.24) is 5.32 Å². The summed E-state index contributed by atoms with van der Waals surface area (Å²) in [7, 11) is 0. The highest BCUT2D eigenvalue weighted by Gasteiger charge is 2.17. The van der Waals surface area contributed by atoms with Crippen LogP contribution in [0.3, 0.4) is 0 Å². The van der Waals surface area contributed by atoms with Crippen LogP contribution in [0.25, 0.3) is 0 Å². The zero-order valence-electron chi connectivity index (χ0n) is 10.1. The van der Waals surface area contributed by atoms with E-state index in [1.54, 1.807) is 11.3 Å². The molecule has 1 unspecified atom stereocenters. The monoisotopic (exact) mass is 343 g/mol. The molecule has 96 valence electrons. The number of halogens is 2. The molecule has 2 rings (SSSR count). The maximum Gasteiger partial charge on any atom is 0.0686 e. The summed E-state index contributed by atoms with van der Waals surface area (Å²) in [6.07, 6.45) is 1.11. The van der Waals surface area contributed by atoms with Crippen LogP contribution in [0, 0.1) is 0 Å². The summed E-state index contributed by atoms with van der Waals surface area (Å²) in [6, 6.07) is 10.5. The SMILES string of the molecule is CCCNC(c1ccc(Br)cc1)c1sccc1Cl. The molecule has 1 aromatic carbocycles. The third-order valence-corrected chi connectivity index (χ3v) is 4.66. The van der Waals surface area contributed by atoms with Crippen LogP contribution in [0.2, 0.25) is 5.02 Å². The molecule has 0 aliphatic carbocycles. The number of hydrogen-bond acceptors (Lipinski definition) is 2. The van der Waals surface area contributed by atoms with Crippen molar-refractivity contribution in [2.75, 3.05) is 6.54 Å². The van der Waals surface area contributed by atoms with Gasteiger partial charge in [-0.25, -0.2) is 0 Å². The van der Waals surface area contributed by atoms with Crippen molar-refractivity contribution < 1.29 is 0 Å². The van der Waals surface area contributed by atoms with Gasteiger partial charge in [-0.05, 0) is 42.1 Å². The molecule has 1 heterocycles. The van der Waals surface area contributed by atoms with Gasteiger partial charge in [0.25, 0.3) is 0 Å². The molecule has 2 aromatic rings. The number of hydrogen-bond donors (Lipinski definition) is 1. The van der Waals surface area contributed by atoms with Crippen LogP contribution in [-0.4, -0.2) is 6.54 Å². The molecule has 0 radical (unpaired) electrons. The van der Waals surface area contributed by atoms with E-state index in [1.807, 2.05) is 11.4 Å². The van der Waals surface area contributed by atoms with Gasteiger partial charge in [-0.1, -0.05) is 46.6 Å². The van der Waals surface area contributed by atoms with Crippen molar-refractivity contribution in [3.8, 4) is 0 Å². The summed E-state index contributed by atoms with van der Waals surface area (Å²) in [5.41, 5.74) is 1.25. The average molecular weight is 345 g/mol. The van der Waals surface area contributed by atoms with Gasteiger partial charge in [0, 0.05) is 9.35 Å². The minimum absolute atomic E-state index is 0.186. The first-order valence-corrected chi connectivity index (χ1v) is 7.99. The number of nitrogens with one attached hydrogen (secondary N) is 1. The maximum atomic E-state index is 6.26. The lowest BCUT2D eigenvalue weighted by Crippen LogP contribution is -2.22. The molecule has 1 aromatic heterocycles. The smallest absolute Gasteiger partial charge is 0.0686 e. The minimum atomic E-state index is 0.186. The standard InChI is InChI=1S/C14H15BrClNS/c1-2-8-17-13(14-12(16)7-9-18-14)10-3-5-11(15)6-4-10/h3-7,9,13,17H,2,8H2,1H3. The van der Waals surface area contributed by atoms with Crippen LogP contribution < -0.4 is 5.32 Å². The van der Waals surface area contributed by atoms with Crippen molar-refractivity contribution in [2.24, 2.45) is 0 Å². The molecule has 0 bridgehead atoms. The van der Waals surface area contributed by atoms with Gasteiger partial charge in [0.05, 0.1) is 11.1 Å². The van der Waals surface area contributed by atoms with Gasteiger partial charge in [-0.2, -0.15) is 0 Å². The first-order chi connectivity index (χ1) is 8.72. The summed E-state index contributed by atoms with van der Waals surface area (Å²) >= 11 is 11.4. The van der Waals surface area contributed by atoms with Crippen molar-refractivity contribution in [3.63, 3.8) is 0 Å². The van der Waals surface area contributed by atoms with E-state index >= 15 is 0 Å². The Kier molecular flexibility index (Phi) is 5.25. The average Bonchev–Trinajstić information content (AvgIpc) is 2.78. The van der Waals surface area contributed by atoms with Crippen LogP contribution in [-0.2, 0) is 0 Å². The van der Waals surface area contributed by atoms with Crippen molar-refractivity contribution in [3.05, 3.63) is 55.6 Å². The molecule has 0 aliphatic rings. The van der Waals surface area contributed by atoms with Gasteiger partial charge < -0.3 is 5.32 Å². The van der Waals surface area contributed by atoms with Crippen LogP contribution in [0.5, 0.6) is 0 Å². The van der Waals surface area contributed by atoms with Crippen LogP contribution in [0.1, 0.15) is 29.8 Å². The Labute approximate surface area is 125 Å². The van der Waals surface area contributed by atoms with Crippen LogP contribution in [0.4, 0.5) is 0 Å². The maximum absolute atomic E-state index is 6.26. The fraction of sp³-hybridized carbons (Fsp3) is 0.286. The summed E-state index contributed by atoms with van der Waals surface area (Å²) in [4.78, 5) is 1.19. The molecule has 1 atom stereocenters. The molecular weight excluding hydrogens is 330 g/mol. The van der Waals surface area contributed by atoms with Gasteiger partial charge in [0.15, 0.2) is 0 Å². The minimum Gasteiger partial charge on any atom is -0.306 e. The molecule has 0 fully saturated rings. The lowest BCUT2D eigenvalue weighted by atomic mass is 10.1. The molecule has 0 spiro atoms. The first kappa shape index (κ1) is 14.1. The van der Waals surface area contributed by atoms with E-state index in [-0.39, 0.29) is 6.04 Å². The molecule has 0 amide bonds. The summed E-state index contributed by atoms with van der Waals surface area (Å²) in [6.45, 7) is 3.15. The Morgan fingerprint density at radius 3 is 2.56 bits per heavy atom. The lowest BCUT2D eigenvalue weighted by Gasteiger charge is -2.18. The van der Waals surface area contributed by atoms with Crippen molar-refractivity contribution in [2.45, 2.75) is 19.4 Å². The fourth-order valence-electron chi connectivity index (χ4n) is 1.82. The third-order valence-electron chi connectivity index (χ3n) is 2.71. The molecule has 1 N–H and O–H groups in total. The molecular formula is C14H15BrClNS.